The van der Waals surface area contributed by atoms with Crippen LogP contribution in [0.4, 0.5) is 0 Å². The van der Waals surface area contributed by atoms with Gasteiger partial charge in [-0.1, -0.05) is 176 Å². The summed E-state index contributed by atoms with van der Waals surface area (Å²) in [7, 11) is 0. The summed E-state index contributed by atoms with van der Waals surface area (Å²) in [5.74, 6) is 1.97. The third-order valence-corrected chi connectivity index (χ3v) is 8.62. The van der Waals surface area contributed by atoms with Gasteiger partial charge in [0.2, 0.25) is 0 Å². The summed E-state index contributed by atoms with van der Waals surface area (Å²) in [5, 5.41) is 0. The van der Waals surface area contributed by atoms with E-state index in [0.717, 1.165) is 11.8 Å². The van der Waals surface area contributed by atoms with Gasteiger partial charge >= 0.3 is 0 Å². The predicted octanol–water partition coefficient (Wildman–Crippen LogP) is 15.3. The standard InChI is InChI=1S/C16H34.C14H28.C11H24/c1-15(2,3)13-11-9-7-8-10-12-14-16(4,5)6;1-13(2,3)10-11-7-8-12(9-11)14(4,5)6;1-10(2,3)8-7-9-11(4,5)6/h7-14H2,1-6H3;11-12H,7-10H2,1-6H3;7-9H2,1-6H3. The largest absolute Gasteiger partial charge is 0.0602 e. The summed E-state index contributed by atoms with van der Waals surface area (Å²) in [5.41, 5.74) is 3.17. The average molecular weight is 579 g/mol. The summed E-state index contributed by atoms with van der Waals surface area (Å²) in [6.07, 6.45) is 21.3. The smallest absolute Gasteiger partial charge is 0.0354 e. The van der Waals surface area contributed by atoms with Crippen molar-refractivity contribution in [2.75, 3.05) is 0 Å². The Balaban J connectivity index is 0. The summed E-state index contributed by atoms with van der Waals surface area (Å²) in [4.78, 5) is 0. The first kappa shape index (κ1) is 43.1. The number of unbranched alkanes of at least 4 members (excludes halogenated alkanes) is 5. The molecule has 0 saturated heterocycles. The third kappa shape index (κ3) is 34.4. The van der Waals surface area contributed by atoms with E-state index in [9.17, 15) is 0 Å². The minimum absolute atomic E-state index is 0.519. The van der Waals surface area contributed by atoms with Gasteiger partial charge in [-0.25, -0.2) is 0 Å². The highest BCUT2D eigenvalue weighted by molar-refractivity contribution is 4.85. The molecule has 0 heteroatoms. The van der Waals surface area contributed by atoms with Crippen LogP contribution in [0.1, 0.15) is 221 Å². The summed E-state index contributed by atoms with van der Waals surface area (Å²) < 4.78 is 0. The van der Waals surface area contributed by atoms with Gasteiger partial charge in [0.25, 0.3) is 0 Å². The van der Waals surface area contributed by atoms with Crippen molar-refractivity contribution < 1.29 is 0 Å². The van der Waals surface area contributed by atoms with Gasteiger partial charge in [-0.05, 0) is 89.3 Å². The van der Waals surface area contributed by atoms with E-state index in [0.29, 0.717) is 32.5 Å². The van der Waals surface area contributed by atoms with Crippen molar-refractivity contribution in [3.05, 3.63) is 0 Å². The molecule has 0 nitrogen and oxygen atoms in total. The monoisotopic (exact) mass is 579 g/mol. The lowest BCUT2D eigenvalue weighted by Crippen LogP contribution is -2.18. The second-order valence-corrected chi connectivity index (χ2v) is 21.2. The SMILES string of the molecule is CC(C)(C)CC1CCC(C(C)(C)C)C1.CC(C)(C)CCCC(C)(C)C.CC(C)(C)CCCCCCCCC(C)(C)C. The van der Waals surface area contributed by atoms with E-state index in [4.69, 9.17) is 0 Å². The topological polar surface area (TPSA) is 0 Å². The van der Waals surface area contributed by atoms with Gasteiger partial charge in [0, 0.05) is 0 Å². The van der Waals surface area contributed by atoms with E-state index in [1.807, 2.05) is 0 Å². The zero-order valence-corrected chi connectivity index (χ0v) is 32.8. The van der Waals surface area contributed by atoms with Gasteiger partial charge in [-0.2, -0.15) is 0 Å². The highest BCUT2D eigenvalue weighted by Gasteiger charge is 2.34. The fourth-order valence-corrected chi connectivity index (χ4v) is 6.08. The molecule has 0 aromatic heterocycles. The fraction of sp³-hybridized carbons (Fsp3) is 1.00. The molecule has 1 rings (SSSR count). The Morgan fingerprint density at radius 2 is 0.683 bits per heavy atom. The molecule has 2 unspecified atom stereocenters. The van der Waals surface area contributed by atoms with Gasteiger partial charge in [-0.15, -0.1) is 0 Å². The molecule has 0 aromatic carbocycles. The number of hydrogen-bond acceptors (Lipinski definition) is 0. The Kier molecular flexibility index (Phi) is 19.7. The lowest BCUT2D eigenvalue weighted by Gasteiger charge is -2.28. The molecule has 1 fully saturated rings. The predicted molar refractivity (Wildman–Crippen MR) is 193 cm³/mol. The van der Waals surface area contributed by atoms with Crippen molar-refractivity contribution in [3.63, 3.8) is 0 Å². The Bertz CT molecular complexity index is 574. The molecule has 0 spiro atoms. The molecule has 1 saturated carbocycles. The Labute approximate surface area is 264 Å². The van der Waals surface area contributed by atoms with Crippen molar-refractivity contribution in [2.45, 2.75) is 221 Å². The summed E-state index contributed by atoms with van der Waals surface area (Å²) >= 11 is 0. The maximum atomic E-state index is 2.40. The summed E-state index contributed by atoms with van der Waals surface area (Å²) in [6.45, 7) is 42.3. The zero-order valence-electron chi connectivity index (χ0n) is 32.8. The molecule has 250 valence electrons. The van der Waals surface area contributed by atoms with Gasteiger partial charge in [-0.3, -0.25) is 0 Å². The van der Waals surface area contributed by atoms with Crippen LogP contribution in [0.5, 0.6) is 0 Å². The van der Waals surface area contributed by atoms with Gasteiger partial charge < -0.3 is 0 Å². The lowest BCUT2D eigenvalue weighted by atomic mass is 9.78. The van der Waals surface area contributed by atoms with Gasteiger partial charge in [0.15, 0.2) is 0 Å². The maximum Gasteiger partial charge on any atom is -0.0354 e. The lowest BCUT2D eigenvalue weighted by molar-refractivity contribution is 0.224. The molecule has 0 N–H and O–H groups in total. The minimum atomic E-state index is 0.519. The van der Waals surface area contributed by atoms with Crippen molar-refractivity contribution >= 4 is 0 Å². The maximum absolute atomic E-state index is 2.40. The first-order valence-electron chi connectivity index (χ1n) is 18.1. The van der Waals surface area contributed by atoms with Gasteiger partial charge in [0.05, 0.1) is 0 Å². The van der Waals surface area contributed by atoms with Crippen LogP contribution in [0.15, 0.2) is 0 Å². The van der Waals surface area contributed by atoms with Crippen molar-refractivity contribution in [1.82, 2.24) is 0 Å². The molecule has 1 aliphatic carbocycles. The third-order valence-electron chi connectivity index (χ3n) is 8.62. The van der Waals surface area contributed by atoms with E-state index < -0.39 is 0 Å². The van der Waals surface area contributed by atoms with Crippen LogP contribution in [-0.2, 0) is 0 Å². The minimum Gasteiger partial charge on any atom is -0.0602 e. The van der Waals surface area contributed by atoms with Crippen LogP contribution >= 0.6 is 0 Å². The normalized spacial score (nSPS) is 18.9. The number of rotatable bonds is 10. The Morgan fingerprint density at radius 1 is 0.366 bits per heavy atom. The second kappa shape index (κ2) is 18.7. The van der Waals surface area contributed by atoms with E-state index >= 15 is 0 Å². The quantitative estimate of drug-likeness (QED) is 0.226. The van der Waals surface area contributed by atoms with E-state index in [-0.39, 0.29) is 0 Å². The van der Waals surface area contributed by atoms with Crippen LogP contribution in [0.2, 0.25) is 0 Å². The van der Waals surface area contributed by atoms with Gasteiger partial charge in [0.1, 0.15) is 0 Å². The molecule has 0 aliphatic heterocycles. The first-order chi connectivity index (χ1) is 18.1. The zero-order chi connectivity index (χ0) is 32.8. The molecule has 41 heavy (non-hydrogen) atoms. The van der Waals surface area contributed by atoms with Crippen LogP contribution < -0.4 is 0 Å². The molecule has 2 atom stereocenters. The molecule has 0 aromatic rings. The van der Waals surface area contributed by atoms with Crippen LogP contribution in [0, 0.1) is 44.3 Å². The molecule has 1 aliphatic rings. The van der Waals surface area contributed by atoms with Crippen LogP contribution in [-0.4, -0.2) is 0 Å². The molecule has 0 amide bonds. The Morgan fingerprint density at radius 3 is 0.951 bits per heavy atom. The first-order valence-corrected chi connectivity index (χ1v) is 18.1. The molecule has 0 radical (unpaired) electrons. The molecular weight excluding hydrogens is 492 g/mol. The molecule has 0 bridgehead atoms. The highest BCUT2D eigenvalue weighted by Crippen LogP contribution is 2.45. The second-order valence-electron chi connectivity index (χ2n) is 21.2. The van der Waals surface area contributed by atoms with Crippen molar-refractivity contribution in [1.29, 1.82) is 0 Å². The average Bonchev–Trinajstić information content (AvgIpc) is 3.14. The van der Waals surface area contributed by atoms with E-state index in [2.05, 4.69) is 125 Å². The fourth-order valence-electron chi connectivity index (χ4n) is 6.08. The summed E-state index contributed by atoms with van der Waals surface area (Å²) in [6, 6.07) is 0. The molecule has 0 heterocycles. The van der Waals surface area contributed by atoms with Crippen LogP contribution in [0.25, 0.3) is 0 Å². The highest BCUT2D eigenvalue weighted by atomic mass is 14.4. The Hall–Kier alpha value is 0. The van der Waals surface area contributed by atoms with E-state index in [1.165, 1.54) is 96.3 Å². The molecular formula is C41H86. The van der Waals surface area contributed by atoms with Crippen molar-refractivity contribution in [2.24, 2.45) is 44.3 Å². The van der Waals surface area contributed by atoms with Crippen LogP contribution in [0.3, 0.4) is 0 Å². The van der Waals surface area contributed by atoms with E-state index in [1.54, 1.807) is 0 Å². The van der Waals surface area contributed by atoms with Crippen molar-refractivity contribution in [3.8, 4) is 0 Å². The number of hydrogen-bond donors (Lipinski definition) is 0.